The molecule has 1 aromatic rings. The molecule has 0 saturated heterocycles. The lowest BCUT2D eigenvalue weighted by Crippen LogP contribution is -2.15. The predicted octanol–water partition coefficient (Wildman–Crippen LogP) is 5.86. The van der Waals surface area contributed by atoms with Crippen LogP contribution in [-0.2, 0) is 5.41 Å². The van der Waals surface area contributed by atoms with Crippen LogP contribution in [0.3, 0.4) is 0 Å². The molecule has 0 aliphatic rings. The number of hydrogen-bond acceptors (Lipinski definition) is 0. The SMILES string of the molecule is CCC(C)(C)c1ccc(C(Br)CC(C)C)cc1. The van der Waals surface area contributed by atoms with Gasteiger partial charge in [0.2, 0.25) is 0 Å². The van der Waals surface area contributed by atoms with Crippen molar-refractivity contribution < 1.29 is 0 Å². The summed E-state index contributed by atoms with van der Waals surface area (Å²) >= 11 is 3.78. The number of hydrogen-bond donors (Lipinski definition) is 0. The standard InChI is InChI=1S/C16H25Br/c1-6-16(4,5)14-9-7-13(8-10-14)15(17)11-12(2)3/h7-10,12,15H,6,11H2,1-5H3. The van der Waals surface area contributed by atoms with Crippen molar-refractivity contribution in [2.45, 2.75) is 57.7 Å². The Bertz CT molecular complexity index is 335. The van der Waals surface area contributed by atoms with E-state index in [0.717, 1.165) is 5.92 Å². The Morgan fingerprint density at radius 3 is 2.06 bits per heavy atom. The minimum Gasteiger partial charge on any atom is -0.0839 e. The van der Waals surface area contributed by atoms with Crippen molar-refractivity contribution in [1.82, 2.24) is 0 Å². The third kappa shape index (κ3) is 4.13. The lowest BCUT2D eigenvalue weighted by molar-refractivity contribution is 0.506. The summed E-state index contributed by atoms with van der Waals surface area (Å²) in [5, 5.41) is 0. The van der Waals surface area contributed by atoms with Gasteiger partial charge < -0.3 is 0 Å². The number of rotatable bonds is 5. The van der Waals surface area contributed by atoms with Gasteiger partial charge in [-0.3, -0.25) is 0 Å². The Morgan fingerprint density at radius 2 is 1.65 bits per heavy atom. The first kappa shape index (κ1) is 14.8. The number of alkyl halides is 1. The van der Waals surface area contributed by atoms with Gasteiger partial charge in [0.15, 0.2) is 0 Å². The predicted molar refractivity (Wildman–Crippen MR) is 80.9 cm³/mol. The quantitative estimate of drug-likeness (QED) is 0.597. The summed E-state index contributed by atoms with van der Waals surface area (Å²) in [6.45, 7) is 11.4. The van der Waals surface area contributed by atoms with Gasteiger partial charge in [-0.25, -0.2) is 0 Å². The van der Waals surface area contributed by atoms with E-state index in [0.29, 0.717) is 10.2 Å². The van der Waals surface area contributed by atoms with E-state index < -0.39 is 0 Å². The fraction of sp³-hybridized carbons (Fsp3) is 0.625. The average molecular weight is 297 g/mol. The first-order valence-corrected chi connectivity index (χ1v) is 7.53. The van der Waals surface area contributed by atoms with Gasteiger partial charge in [0.25, 0.3) is 0 Å². The molecule has 0 amide bonds. The van der Waals surface area contributed by atoms with Crippen LogP contribution in [0.25, 0.3) is 0 Å². The van der Waals surface area contributed by atoms with Crippen LogP contribution in [0, 0.1) is 5.92 Å². The maximum absolute atomic E-state index is 3.78. The summed E-state index contributed by atoms with van der Waals surface area (Å²) in [5.41, 5.74) is 3.13. The smallest absolute Gasteiger partial charge is 0.0397 e. The van der Waals surface area contributed by atoms with E-state index in [-0.39, 0.29) is 0 Å². The zero-order chi connectivity index (χ0) is 13.1. The molecule has 1 aromatic carbocycles. The van der Waals surface area contributed by atoms with Crippen LogP contribution in [0.1, 0.15) is 63.4 Å². The van der Waals surface area contributed by atoms with Crippen LogP contribution in [0.4, 0.5) is 0 Å². The lowest BCUT2D eigenvalue weighted by Gasteiger charge is -2.24. The highest BCUT2D eigenvalue weighted by Crippen LogP contribution is 2.32. The average Bonchev–Trinajstić information content (AvgIpc) is 2.28. The highest BCUT2D eigenvalue weighted by atomic mass is 79.9. The Kier molecular flexibility index (Phi) is 5.24. The summed E-state index contributed by atoms with van der Waals surface area (Å²) in [6, 6.07) is 9.12. The van der Waals surface area contributed by atoms with Crippen molar-refractivity contribution in [1.29, 1.82) is 0 Å². The molecule has 0 aliphatic heterocycles. The maximum atomic E-state index is 3.78. The summed E-state index contributed by atoms with van der Waals surface area (Å²) in [5.74, 6) is 0.728. The minimum atomic E-state index is 0.290. The Hall–Kier alpha value is -0.300. The van der Waals surface area contributed by atoms with Gasteiger partial charge in [0.1, 0.15) is 0 Å². The topological polar surface area (TPSA) is 0 Å². The van der Waals surface area contributed by atoms with Crippen LogP contribution in [0.5, 0.6) is 0 Å². The minimum absolute atomic E-state index is 0.290. The first-order chi connectivity index (χ1) is 7.86. The van der Waals surface area contributed by atoms with Crippen LogP contribution >= 0.6 is 15.9 Å². The van der Waals surface area contributed by atoms with E-state index in [2.05, 4.69) is 74.8 Å². The van der Waals surface area contributed by atoms with Gasteiger partial charge >= 0.3 is 0 Å². The van der Waals surface area contributed by atoms with Gasteiger partial charge in [-0.2, -0.15) is 0 Å². The third-order valence-corrected chi connectivity index (χ3v) is 4.52. The zero-order valence-corrected chi connectivity index (χ0v) is 13.3. The van der Waals surface area contributed by atoms with Crippen LogP contribution < -0.4 is 0 Å². The molecule has 0 saturated carbocycles. The molecule has 1 heteroatoms. The van der Waals surface area contributed by atoms with Crippen molar-refractivity contribution in [2.75, 3.05) is 0 Å². The van der Waals surface area contributed by atoms with Gasteiger partial charge in [-0.15, -0.1) is 0 Å². The Morgan fingerprint density at radius 1 is 1.12 bits per heavy atom. The molecular formula is C16H25Br. The van der Waals surface area contributed by atoms with Crippen molar-refractivity contribution in [3.05, 3.63) is 35.4 Å². The Labute approximate surface area is 115 Å². The zero-order valence-electron chi connectivity index (χ0n) is 11.8. The second kappa shape index (κ2) is 6.04. The van der Waals surface area contributed by atoms with E-state index in [4.69, 9.17) is 0 Å². The van der Waals surface area contributed by atoms with Crippen molar-refractivity contribution >= 4 is 15.9 Å². The largest absolute Gasteiger partial charge is 0.0839 e. The molecule has 1 atom stereocenters. The molecule has 0 bridgehead atoms. The highest BCUT2D eigenvalue weighted by Gasteiger charge is 2.18. The number of halogens is 1. The summed E-state index contributed by atoms with van der Waals surface area (Å²) in [7, 11) is 0. The summed E-state index contributed by atoms with van der Waals surface area (Å²) in [6.07, 6.45) is 2.37. The third-order valence-electron chi connectivity index (χ3n) is 3.62. The van der Waals surface area contributed by atoms with Gasteiger partial charge in [-0.1, -0.05) is 74.8 Å². The molecular weight excluding hydrogens is 272 g/mol. The fourth-order valence-corrected chi connectivity index (χ4v) is 2.95. The van der Waals surface area contributed by atoms with Crippen LogP contribution in [0.2, 0.25) is 0 Å². The lowest BCUT2D eigenvalue weighted by atomic mass is 9.82. The first-order valence-electron chi connectivity index (χ1n) is 6.61. The second-order valence-corrected chi connectivity index (χ2v) is 7.06. The van der Waals surface area contributed by atoms with Crippen LogP contribution in [-0.4, -0.2) is 0 Å². The molecule has 96 valence electrons. The second-order valence-electron chi connectivity index (χ2n) is 5.96. The summed E-state index contributed by atoms with van der Waals surface area (Å²) in [4.78, 5) is 0.487. The van der Waals surface area contributed by atoms with Crippen LogP contribution in [0.15, 0.2) is 24.3 Å². The molecule has 0 radical (unpaired) electrons. The maximum Gasteiger partial charge on any atom is 0.0397 e. The summed E-state index contributed by atoms with van der Waals surface area (Å²) < 4.78 is 0. The van der Waals surface area contributed by atoms with E-state index in [1.54, 1.807) is 0 Å². The fourth-order valence-electron chi connectivity index (χ4n) is 1.90. The monoisotopic (exact) mass is 296 g/mol. The molecule has 0 N–H and O–H groups in total. The highest BCUT2D eigenvalue weighted by molar-refractivity contribution is 9.09. The molecule has 17 heavy (non-hydrogen) atoms. The molecule has 1 rings (SSSR count). The van der Waals surface area contributed by atoms with E-state index >= 15 is 0 Å². The number of benzene rings is 1. The molecule has 0 heterocycles. The molecule has 0 fully saturated rings. The molecule has 0 spiro atoms. The van der Waals surface area contributed by atoms with Crippen molar-refractivity contribution in [3.63, 3.8) is 0 Å². The molecule has 0 aromatic heterocycles. The van der Waals surface area contributed by atoms with E-state index in [1.165, 1.54) is 24.0 Å². The van der Waals surface area contributed by atoms with Crippen molar-refractivity contribution in [2.24, 2.45) is 5.92 Å². The van der Waals surface area contributed by atoms with Gasteiger partial charge in [0.05, 0.1) is 0 Å². The molecule has 0 nitrogen and oxygen atoms in total. The normalized spacial score (nSPS) is 14.1. The molecule has 0 aliphatic carbocycles. The van der Waals surface area contributed by atoms with Gasteiger partial charge in [0, 0.05) is 4.83 Å². The van der Waals surface area contributed by atoms with Crippen molar-refractivity contribution in [3.8, 4) is 0 Å². The van der Waals surface area contributed by atoms with E-state index in [1.807, 2.05) is 0 Å². The molecule has 1 unspecified atom stereocenters. The Balaban J connectivity index is 2.81. The van der Waals surface area contributed by atoms with Gasteiger partial charge in [-0.05, 0) is 35.3 Å². The van der Waals surface area contributed by atoms with E-state index in [9.17, 15) is 0 Å².